The Bertz CT molecular complexity index is 1060. The van der Waals surface area contributed by atoms with Gasteiger partial charge in [-0.15, -0.1) is 11.3 Å². The second-order valence-corrected chi connectivity index (χ2v) is 11.2. The van der Waals surface area contributed by atoms with E-state index in [1.165, 1.54) is 29.5 Å². The topological polar surface area (TPSA) is 33.2 Å². The lowest BCUT2D eigenvalue weighted by molar-refractivity contribution is -0.159. The molecule has 3 aromatic rings. The summed E-state index contributed by atoms with van der Waals surface area (Å²) in [5, 5.41) is 1.04. The highest BCUT2D eigenvalue weighted by molar-refractivity contribution is 7.18. The smallest absolute Gasteiger partial charge is 0.228 e. The van der Waals surface area contributed by atoms with E-state index in [0.717, 1.165) is 29.8 Å². The number of carbonyl (C=O) groups excluding carboxylic acids is 1. The number of fused-ring (bicyclic) bond motifs is 1. The maximum Gasteiger partial charge on any atom is 0.228 e. The van der Waals surface area contributed by atoms with Crippen molar-refractivity contribution in [3.63, 3.8) is 0 Å². The van der Waals surface area contributed by atoms with Gasteiger partial charge in [-0.25, -0.2) is 4.98 Å². The van der Waals surface area contributed by atoms with Gasteiger partial charge in [0, 0.05) is 7.05 Å². The highest BCUT2D eigenvalue weighted by Gasteiger charge is 2.61. The molecule has 1 amide bonds. The summed E-state index contributed by atoms with van der Waals surface area (Å²) in [7, 11) is 1.99. The first kappa shape index (κ1) is 18.6. The van der Waals surface area contributed by atoms with Crippen LogP contribution in [0.5, 0.6) is 0 Å². The first-order valence-corrected chi connectivity index (χ1v) is 12.0. The maximum absolute atomic E-state index is 13.9. The predicted octanol–water partition coefficient (Wildman–Crippen LogP) is 5.79. The number of hydrogen-bond donors (Lipinski definition) is 0. The zero-order valence-electron chi connectivity index (χ0n) is 17.5. The van der Waals surface area contributed by atoms with E-state index in [9.17, 15) is 4.79 Å². The average Bonchev–Trinajstić information content (AvgIpc) is 3.15. The third-order valence-corrected chi connectivity index (χ3v) is 8.98. The van der Waals surface area contributed by atoms with Crippen LogP contribution in [-0.4, -0.2) is 22.8 Å². The van der Waals surface area contributed by atoms with Gasteiger partial charge < -0.3 is 4.90 Å². The van der Waals surface area contributed by atoms with Crippen LogP contribution in [0.15, 0.2) is 54.6 Å². The molecule has 30 heavy (non-hydrogen) atoms. The molecular weight excluding hydrogens is 388 g/mol. The number of carbonyl (C=O) groups is 1. The number of rotatable bonds is 4. The van der Waals surface area contributed by atoms with Gasteiger partial charge in [-0.2, -0.15) is 0 Å². The Hall–Kier alpha value is -2.20. The molecule has 0 spiro atoms. The minimum absolute atomic E-state index is 0.175. The van der Waals surface area contributed by atoms with Crippen LogP contribution in [0.2, 0.25) is 0 Å². The van der Waals surface area contributed by atoms with Crippen molar-refractivity contribution in [3.05, 3.63) is 65.2 Å². The molecule has 4 aliphatic carbocycles. The van der Waals surface area contributed by atoms with Gasteiger partial charge in [-0.1, -0.05) is 42.5 Å². The van der Waals surface area contributed by atoms with Crippen LogP contribution in [0.3, 0.4) is 0 Å². The molecule has 4 bridgehead atoms. The fourth-order valence-corrected chi connectivity index (χ4v) is 8.33. The fourth-order valence-electron chi connectivity index (χ4n) is 7.31. The van der Waals surface area contributed by atoms with Crippen LogP contribution in [0.1, 0.15) is 49.1 Å². The molecule has 0 aliphatic heterocycles. The monoisotopic (exact) mass is 416 g/mol. The van der Waals surface area contributed by atoms with E-state index in [1.54, 1.807) is 11.3 Å². The van der Waals surface area contributed by atoms with Gasteiger partial charge in [-0.05, 0) is 73.5 Å². The Kier molecular flexibility index (Phi) is 4.11. The van der Waals surface area contributed by atoms with Gasteiger partial charge in [0.1, 0.15) is 5.01 Å². The molecule has 154 valence electrons. The van der Waals surface area contributed by atoms with Crippen molar-refractivity contribution in [2.24, 2.45) is 17.3 Å². The highest BCUT2D eigenvalue weighted by Crippen LogP contribution is 2.66. The van der Waals surface area contributed by atoms with Crippen molar-refractivity contribution < 1.29 is 4.79 Å². The van der Waals surface area contributed by atoms with Crippen molar-refractivity contribution in [2.45, 2.75) is 50.5 Å². The van der Waals surface area contributed by atoms with Crippen molar-refractivity contribution in [1.29, 1.82) is 0 Å². The first-order chi connectivity index (χ1) is 14.6. The van der Waals surface area contributed by atoms with E-state index in [-0.39, 0.29) is 10.8 Å². The van der Waals surface area contributed by atoms with Crippen LogP contribution in [0, 0.1) is 17.3 Å². The lowest BCUT2D eigenvalue weighted by Crippen LogP contribution is -2.59. The van der Waals surface area contributed by atoms with Gasteiger partial charge in [0.25, 0.3) is 0 Å². The Labute approximate surface area is 182 Å². The standard InChI is InChI=1S/C26H28N2OS/c1-28(16-23-27-21-9-5-6-10-22(21)30-23)24(29)26-14-18-11-19(15-26)13-25(12-18,17-26)20-7-3-2-4-8-20/h2-10,18-19H,11-17H2,1H3/t18-,19+,25?,26?. The Morgan fingerprint density at radius 3 is 2.47 bits per heavy atom. The van der Waals surface area contributed by atoms with Gasteiger partial charge in [0.15, 0.2) is 0 Å². The number of nitrogens with zero attached hydrogens (tertiary/aromatic N) is 2. The van der Waals surface area contributed by atoms with E-state index < -0.39 is 0 Å². The zero-order valence-corrected chi connectivity index (χ0v) is 18.3. The second kappa shape index (κ2) is 6.65. The van der Waals surface area contributed by atoms with Gasteiger partial charge in [-0.3, -0.25) is 4.79 Å². The summed E-state index contributed by atoms with van der Waals surface area (Å²) in [5.74, 6) is 1.76. The van der Waals surface area contributed by atoms with Crippen LogP contribution >= 0.6 is 11.3 Å². The second-order valence-electron chi connectivity index (χ2n) is 10.1. The van der Waals surface area contributed by atoms with E-state index in [0.29, 0.717) is 24.3 Å². The molecule has 0 saturated heterocycles. The van der Waals surface area contributed by atoms with E-state index in [2.05, 4.69) is 48.5 Å². The zero-order chi connectivity index (χ0) is 20.3. The number of hydrogen-bond acceptors (Lipinski definition) is 3. The minimum atomic E-state index is -0.175. The SMILES string of the molecule is CN(Cc1nc2ccccc2s1)C(=O)C12C[C@H]3C[C@@H](C1)CC(c1ccccc1)(C3)C2. The molecule has 0 radical (unpaired) electrons. The predicted molar refractivity (Wildman–Crippen MR) is 121 cm³/mol. The Balaban J connectivity index is 1.29. The van der Waals surface area contributed by atoms with E-state index >= 15 is 0 Å². The summed E-state index contributed by atoms with van der Waals surface area (Å²) in [6, 6.07) is 19.3. The lowest BCUT2D eigenvalue weighted by Gasteiger charge is -2.62. The molecular formula is C26H28N2OS. The molecule has 4 fully saturated rings. The van der Waals surface area contributed by atoms with Crippen LogP contribution in [0.4, 0.5) is 0 Å². The Morgan fingerprint density at radius 2 is 1.73 bits per heavy atom. The molecule has 4 aliphatic rings. The van der Waals surface area contributed by atoms with Gasteiger partial charge in [0.05, 0.1) is 22.2 Å². The quantitative estimate of drug-likeness (QED) is 0.539. The Morgan fingerprint density at radius 1 is 1.03 bits per heavy atom. The summed E-state index contributed by atoms with van der Waals surface area (Å²) in [5.41, 5.74) is 2.53. The molecule has 1 heterocycles. The lowest BCUT2D eigenvalue weighted by atomic mass is 9.42. The minimum Gasteiger partial charge on any atom is -0.339 e. The van der Waals surface area contributed by atoms with Crippen molar-refractivity contribution in [3.8, 4) is 0 Å². The fraction of sp³-hybridized carbons (Fsp3) is 0.462. The molecule has 2 unspecified atom stereocenters. The molecule has 1 aromatic heterocycles. The molecule has 4 heteroatoms. The highest BCUT2D eigenvalue weighted by atomic mass is 32.1. The maximum atomic E-state index is 13.9. The number of thiazole rings is 1. The first-order valence-electron chi connectivity index (χ1n) is 11.2. The van der Waals surface area contributed by atoms with E-state index in [4.69, 9.17) is 4.98 Å². The molecule has 3 nitrogen and oxygen atoms in total. The normalized spacial score (nSPS) is 31.9. The van der Waals surface area contributed by atoms with Crippen LogP contribution in [0.25, 0.3) is 10.2 Å². The number of aromatic nitrogens is 1. The van der Waals surface area contributed by atoms with Crippen LogP contribution < -0.4 is 0 Å². The molecule has 4 saturated carbocycles. The van der Waals surface area contributed by atoms with Crippen molar-refractivity contribution >= 4 is 27.5 Å². The molecule has 2 aromatic carbocycles. The molecule has 7 rings (SSSR count). The summed E-state index contributed by atoms with van der Waals surface area (Å²) in [6.07, 6.45) is 7.06. The average molecular weight is 417 g/mol. The summed E-state index contributed by atoms with van der Waals surface area (Å²) in [4.78, 5) is 20.6. The third kappa shape index (κ3) is 2.84. The molecule has 4 atom stereocenters. The molecule has 0 N–H and O–H groups in total. The van der Waals surface area contributed by atoms with Gasteiger partial charge >= 0.3 is 0 Å². The summed E-state index contributed by atoms with van der Waals surface area (Å²) >= 11 is 1.71. The number of para-hydroxylation sites is 1. The number of benzene rings is 2. The van der Waals surface area contributed by atoms with Crippen molar-refractivity contribution in [2.75, 3.05) is 7.05 Å². The van der Waals surface area contributed by atoms with Crippen molar-refractivity contribution in [1.82, 2.24) is 9.88 Å². The van der Waals surface area contributed by atoms with Gasteiger partial charge in [0.2, 0.25) is 5.91 Å². The largest absolute Gasteiger partial charge is 0.339 e. The summed E-state index contributed by atoms with van der Waals surface area (Å²) < 4.78 is 1.20. The summed E-state index contributed by atoms with van der Waals surface area (Å²) in [6.45, 7) is 0.619. The third-order valence-electron chi connectivity index (χ3n) is 7.96. The van der Waals surface area contributed by atoms with Crippen LogP contribution in [-0.2, 0) is 16.8 Å². The van der Waals surface area contributed by atoms with E-state index in [1.807, 2.05) is 18.0 Å². The number of amides is 1.